The van der Waals surface area contributed by atoms with Gasteiger partial charge in [-0.15, -0.1) is 5.10 Å². The molecule has 0 unspecified atom stereocenters. The number of nitriles is 1. The number of hydrazine groups is 1. The second-order valence-electron chi connectivity index (χ2n) is 3.98. The highest BCUT2D eigenvalue weighted by Crippen LogP contribution is 2.23. The summed E-state index contributed by atoms with van der Waals surface area (Å²) in [7, 11) is 1.05. The van der Waals surface area contributed by atoms with E-state index in [2.05, 4.69) is 14.9 Å². The number of hydrogen-bond acceptors (Lipinski definition) is 6. The molecule has 1 N–H and O–H groups in total. The Kier molecular flexibility index (Phi) is 3.98. The molecule has 0 bridgehead atoms. The van der Waals surface area contributed by atoms with E-state index >= 15 is 0 Å². The second kappa shape index (κ2) is 5.72. The molecule has 114 valence electrons. The molecule has 22 heavy (non-hydrogen) atoms. The van der Waals surface area contributed by atoms with Crippen LogP contribution in [0.4, 0.5) is 18.0 Å². The van der Waals surface area contributed by atoms with Gasteiger partial charge in [0, 0.05) is 5.56 Å². The summed E-state index contributed by atoms with van der Waals surface area (Å²) in [5, 5.41) is 15.8. The lowest BCUT2D eigenvalue weighted by Crippen LogP contribution is -2.46. The van der Waals surface area contributed by atoms with Gasteiger partial charge in [0.2, 0.25) is 0 Å². The number of nitrogens with one attached hydrogen (secondary N) is 1. The zero-order valence-corrected chi connectivity index (χ0v) is 11.0. The fourth-order valence-electron chi connectivity index (χ4n) is 1.58. The summed E-state index contributed by atoms with van der Waals surface area (Å²) in [6.45, 7) is 0. The van der Waals surface area contributed by atoms with Crippen LogP contribution in [0.15, 0.2) is 34.5 Å². The SMILES string of the molecule is COC(=O)N1N=C(c2ccc(C#N)cc2)C(C(F)(F)F)=NN1. The van der Waals surface area contributed by atoms with Gasteiger partial charge in [-0.3, -0.25) is 0 Å². The van der Waals surface area contributed by atoms with E-state index in [9.17, 15) is 18.0 Å². The molecule has 1 aromatic rings. The van der Waals surface area contributed by atoms with E-state index in [4.69, 9.17) is 5.26 Å². The van der Waals surface area contributed by atoms with Crippen molar-refractivity contribution in [2.24, 2.45) is 10.2 Å². The van der Waals surface area contributed by atoms with Crippen LogP contribution in [0.5, 0.6) is 0 Å². The maximum absolute atomic E-state index is 13.0. The van der Waals surface area contributed by atoms with Gasteiger partial charge in [-0.25, -0.2) is 4.79 Å². The largest absolute Gasteiger partial charge is 0.451 e. The number of rotatable bonds is 1. The maximum atomic E-state index is 13.0. The van der Waals surface area contributed by atoms with Gasteiger partial charge in [0.1, 0.15) is 5.71 Å². The number of nitrogens with zero attached hydrogens (tertiary/aromatic N) is 4. The monoisotopic (exact) mass is 311 g/mol. The van der Waals surface area contributed by atoms with Gasteiger partial charge in [0.25, 0.3) is 0 Å². The van der Waals surface area contributed by atoms with Crippen molar-refractivity contribution in [2.45, 2.75) is 6.18 Å². The Morgan fingerprint density at radius 3 is 2.50 bits per heavy atom. The summed E-state index contributed by atoms with van der Waals surface area (Å²) in [6, 6.07) is 7.06. The van der Waals surface area contributed by atoms with Crippen LogP contribution in [-0.4, -0.2) is 35.9 Å². The lowest BCUT2D eigenvalue weighted by atomic mass is 10.0. The smallest absolute Gasteiger partial charge is 0.450 e. The first-order valence-corrected chi connectivity index (χ1v) is 5.75. The van der Waals surface area contributed by atoms with Crippen molar-refractivity contribution in [3.63, 3.8) is 0 Å². The predicted molar refractivity (Wildman–Crippen MR) is 68.6 cm³/mol. The first-order valence-electron chi connectivity index (χ1n) is 5.75. The number of amides is 1. The fraction of sp³-hybridized carbons (Fsp3) is 0.167. The molecule has 0 spiro atoms. The van der Waals surface area contributed by atoms with E-state index in [1.165, 1.54) is 24.3 Å². The zero-order valence-electron chi connectivity index (χ0n) is 11.0. The molecule has 2 rings (SSSR count). The van der Waals surface area contributed by atoms with Gasteiger partial charge >= 0.3 is 12.3 Å². The number of halogens is 3. The quantitative estimate of drug-likeness (QED) is 0.855. The number of benzene rings is 1. The minimum absolute atomic E-state index is 0.0467. The van der Waals surface area contributed by atoms with Crippen LogP contribution < -0.4 is 5.53 Å². The summed E-state index contributed by atoms with van der Waals surface area (Å²) in [4.78, 5) is 11.3. The van der Waals surface area contributed by atoms with Gasteiger partial charge in [0.05, 0.1) is 18.7 Å². The first kappa shape index (κ1) is 15.3. The van der Waals surface area contributed by atoms with Gasteiger partial charge in [0.15, 0.2) is 5.71 Å². The average molecular weight is 311 g/mol. The molecule has 0 aliphatic carbocycles. The summed E-state index contributed by atoms with van der Waals surface area (Å²) < 4.78 is 43.3. The molecule has 1 amide bonds. The topological polar surface area (TPSA) is 90.1 Å². The zero-order chi connectivity index (χ0) is 16.3. The Morgan fingerprint density at radius 1 is 1.36 bits per heavy atom. The van der Waals surface area contributed by atoms with Crippen LogP contribution in [0.1, 0.15) is 11.1 Å². The van der Waals surface area contributed by atoms with E-state index in [0.717, 1.165) is 7.11 Å². The minimum Gasteiger partial charge on any atom is -0.450 e. The van der Waals surface area contributed by atoms with Gasteiger partial charge < -0.3 is 4.74 Å². The lowest BCUT2D eigenvalue weighted by molar-refractivity contribution is -0.0581. The molecule has 0 atom stereocenters. The fourth-order valence-corrected chi connectivity index (χ4v) is 1.58. The molecule has 0 saturated carbocycles. The summed E-state index contributed by atoms with van der Waals surface area (Å²) in [5.74, 6) is 0. The van der Waals surface area contributed by atoms with E-state index in [1.807, 2.05) is 11.6 Å². The van der Waals surface area contributed by atoms with E-state index in [0.29, 0.717) is 5.12 Å². The summed E-state index contributed by atoms with van der Waals surface area (Å²) in [5.41, 5.74) is 0.292. The molecule has 0 radical (unpaired) electrons. The Balaban J connectivity index is 2.47. The molecule has 0 aromatic heterocycles. The van der Waals surface area contributed by atoms with E-state index < -0.39 is 23.7 Å². The number of hydrazone groups is 2. The Labute approximate surface area is 122 Å². The average Bonchev–Trinajstić information content (AvgIpc) is 2.52. The van der Waals surface area contributed by atoms with Crippen LogP contribution in [-0.2, 0) is 4.74 Å². The molecule has 7 nitrogen and oxygen atoms in total. The number of alkyl halides is 3. The van der Waals surface area contributed by atoms with Gasteiger partial charge in [-0.05, 0) is 12.1 Å². The van der Waals surface area contributed by atoms with Crippen molar-refractivity contribution >= 4 is 17.5 Å². The van der Waals surface area contributed by atoms with Crippen molar-refractivity contribution in [1.29, 1.82) is 5.26 Å². The van der Waals surface area contributed by atoms with Crippen molar-refractivity contribution in [2.75, 3.05) is 7.11 Å². The number of ether oxygens (including phenoxy) is 1. The maximum Gasteiger partial charge on any atom is 0.451 e. The molecule has 1 aliphatic heterocycles. The van der Waals surface area contributed by atoms with Crippen LogP contribution in [0.25, 0.3) is 0 Å². The summed E-state index contributed by atoms with van der Waals surface area (Å²) >= 11 is 0. The molecule has 1 aliphatic rings. The third-order valence-electron chi connectivity index (χ3n) is 2.58. The molecule has 0 saturated heterocycles. The molecule has 10 heteroatoms. The molecule has 1 aromatic carbocycles. The second-order valence-corrected chi connectivity index (χ2v) is 3.98. The predicted octanol–water partition coefficient (Wildman–Crippen LogP) is 1.77. The number of methoxy groups -OCH3 is 1. The third-order valence-corrected chi connectivity index (χ3v) is 2.58. The normalized spacial score (nSPS) is 14.4. The third kappa shape index (κ3) is 2.98. The van der Waals surface area contributed by atoms with Crippen molar-refractivity contribution in [3.05, 3.63) is 35.4 Å². The van der Waals surface area contributed by atoms with E-state index in [-0.39, 0.29) is 11.1 Å². The van der Waals surface area contributed by atoms with Gasteiger partial charge in [-0.2, -0.15) is 29.1 Å². The molecular formula is C12H8F3N5O2. The van der Waals surface area contributed by atoms with Crippen LogP contribution in [0.2, 0.25) is 0 Å². The Morgan fingerprint density at radius 2 is 2.00 bits per heavy atom. The number of hydrogen-bond donors (Lipinski definition) is 1. The van der Waals surface area contributed by atoms with Crippen LogP contribution in [0, 0.1) is 11.3 Å². The van der Waals surface area contributed by atoms with Crippen LogP contribution in [0.3, 0.4) is 0 Å². The van der Waals surface area contributed by atoms with Crippen molar-refractivity contribution in [3.8, 4) is 6.07 Å². The number of carbonyl (C=O) groups is 1. The Bertz CT molecular complexity index is 688. The molecule has 0 fully saturated rings. The highest BCUT2D eigenvalue weighted by atomic mass is 19.4. The minimum atomic E-state index is -4.78. The van der Waals surface area contributed by atoms with Gasteiger partial charge in [-0.1, -0.05) is 17.3 Å². The standard InChI is InChI=1S/C12H8F3N5O2/c1-22-11(21)20-18-9(10(17-19-20)12(13,14)15)8-4-2-7(6-16)3-5-8/h2-5,19H,1H3. The van der Waals surface area contributed by atoms with E-state index in [1.54, 1.807) is 0 Å². The number of carbonyl (C=O) groups excluding carboxylic acids is 1. The lowest BCUT2D eigenvalue weighted by Gasteiger charge is -2.23. The molecular weight excluding hydrogens is 303 g/mol. The highest BCUT2D eigenvalue weighted by molar-refractivity contribution is 6.50. The molecule has 1 heterocycles. The van der Waals surface area contributed by atoms with Crippen molar-refractivity contribution < 1.29 is 22.7 Å². The summed E-state index contributed by atoms with van der Waals surface area (Å²) in [6.07, 6.45) is -5.81. The van der Waals surface area contributed by atoms with Crippen molar-refractivity contribution in [1.82, 2.24) is 10.7 Å². The van der Waals surface area contributed by atoms with Crippen LogP contribution >= 0.6 is 0 Å². The Hall–Kier alpha value is -3.09. The first-order chi connectivity index (χ1) is 10.4. The highest BCUT2D eigenvalue weighted by Gasteiger charge is 2.42.